The van der Waals surface area contributed by atoms with E-state index in [1.165, 1.54) is 0 Å². The summed E-state index contributed by atoms with van der Waals surface area (Å²) in [6.45, 7) is 0.724. The Morgan fingerprint density at radius 1 is 1.38 bits per heavy atom. The molecule has 0 atom stereocenters. The smallest absolute Gasteiger partial charge is 0.236 e. The van der Waals surface area contributed by atoms with Crippen LogP contribution in [0.1, 0.15) is 18.4 Å². The molecule has 0 saturated heterocycles. The van der Waals surface area contributed by atoms with E-state index >= 15 is 0 Å². The number of carbonyl (C=O) groups excluding carboxylic acids is 1. The lowest BCUT2D eigenvalue weighted by atomic mass is 10.2. The van der Waals surface area contributed by atoms with Crippen LogP contribution in [0.5, 0.6) is 0 Å². The lowest BCUT2D eigenvalue weighted by Gasteiger charge is -2.21. The topological polar surface area (TPSA) is 46.3 Å². The van der Waals surface area contributed by atoms with Crippen LogP contribution in [-0.2, 0) is 11.3 Å². The van der Waals surface area contributed by atoms with Gasteiger partial charge in [0.05, 0.1) is 6.54 Å². The Balaban J connectivity index is 2.05. The monoisotopic (exact) mass is 238 g/mol. The highest BCUT2D eigenvalue weighted by Crippen LogP contribution is 2.28. The van der Waals surface area contributed by atoms with Crippen LogP contribution >= 0.6 is 11.6 Å². The minimum absolute atomic E-state index is 0.0254. The second kappa shape index (κ2) is 4.85. The fourth-order valence-electron chi connectivity index (χ4n) is 1.71. The highest BCUT2D eigenvalue weighted by Gasteiger charge is 2.31. The van der Waals surface area contributed by atoms with Gasteiger partial charge in [-0.3, -0.25) is 4.79 Å². The highest BCUT2D eigenvalue weighted by atomic mass is 35.5. The Labute approximate surface area is 100 Å². The molecular weight excluding hydrogens is 224 g/mol. The number of carbonyl (C=O) groups is 1. The average molecular weight is 239 g/mol. The molecule has 1 aliphatic rings. The zero-order chi connectivity index (χ0) is 11.5. The van der Waals surface area contributed by atoms with E-state index in [9.17, 15) is 4.79 Å². The van der Waals surface area contributed by atoms with Gasteiger partial charge in [-0.15, -0.1) is 0 Å². The summed E-state index contributed by atoms with van der Waals surface area (Å²) in [5.74, 6) is 0.0254. The van der Waals surface area contributed by atoms with Crippen LogP contribution in [0, 0.1) is 0 Å². The van der Waals surface area contributed by atoms with Gasteiger partial charge < -0.3 is 10.6 Å². The zero-order valence-corrected chi connectivity index (χ0v) is 9.78. The lowest BCUT2D eigenvalue weighted by Crippen LogP contribution is -2.37. The molecule has 16 heavy (non-hydrogen) atoms. The number of amides is 1. The fraction of sp³-hybridized carbons (Fsp3) is 0.417. The van der Waals surface area contributed by atoms with Crippen molar-refractivity contribution in [1.82, 2.24) is 4.90 Å². The third-order valence-corrected chi connectivity index (χ3v) is 3.00. The standard InChI is InChI=1S/C12H15ClN2O/c13-10-3-1-9(2-4-10)8-15(11-5-6-11)12(16)7-14/h1-4,11H,5-8,14H2. The summed E-state index contributed by atoms with van der Waals surface area (Å²) < 4.78 is 0. The largest absolute Gasteiger partial charge is 0.334 e. The van der Waals surface area contributed by atoms with E-state index in [1.54, 1.807) is 0 Å². The molecule has 1 aromatic carbocycles. The van der Waals surface area contributed by atoms with Crippen LogP contribution in [0.4, 0.5) is 0 Å². The van der Waals surface area contributed by atoms with Crippen molar-refractivity contribution in [2.45, 2.75) is 25.4 Å². The van der Waals surface area contributed by atoms with Crippen LogP contribution in [-0.4, -0.2) is 23.4 Å². The molecule has 1 amide bonds. The van der Waals surface area contributed by atoms with E-state index in [0.717, 1.165) is 18.4 Å². The third kappa shape index (κ3) is 2.74. The number of benzene rings is 1. The van der Waals surface area contributed by atoms with Crippen molar-refractivity contribution in [1.29, 1.82) is 0 Å². The summed E-state index contributed by atoms with van der Waals surface area (Å²) in [4.78, 5) is 13.5. The minimum Gasteiger partial charge on any atom is -0.334 e. The molecule has 1 aliphatic carbocycles. The minimum atomic E-state index is 0.0254. The predicted molar refractivity (Wildman–Crippen MR) is 64.1 cm³/mol. The maximum Gasteiger partial charge on any atom is 0.236 e. The van der Waals surface area contributed by atoms with Gasteiger partial charge in [-0.1, -0.05) is 23.7 Å². The average Bonchev–Trinajstić information content (AvgIpc) is 3.11. The summed E-state index contributed by atoms with van der Waals surface area (Å²) >= 11 is 5.81. The normalized spacial score (nSPS) is 14.9. The Hall–Kier alpha value is -1.06. The number of nitrogens with two attached hydrogens (primary N) is 1. The van der Waals surface area contributed by atoms with Crippen molar-refractivity contribution in [3.8, 4) is 0 Å². The maximum atomic E-state index is 11.6. The number of hydrogen-bond acceptors (Lipinski definition) is 2. The predicted octanol–water partition coefficient (Wildman–Crippen LogP) is 1.79. The van der Waals surface area contributed by atoms with Gasteiger partial charge in [0.25, 0.3) is 0 Å². The summed E-state index contributed by atoms with van der Waals surface area (Å²) in [5.41, 5.74) is 6.50. The molecule has 3 nitrogen and oxygen atoms in total. The van der Waals surface area contributed by atoms with Crippen molar-refractivity contribution >= 4 is 17.5 Å². The van der Waals surface area contributed by atoms with Gasteiger partial charge in [0.2, 0.25) is 5.91 Å². The maximum absolute atomic E-state index is 11.6. The lowest BCUT2D eigenvalue weighted by molar-refractivity contribution is -0.130. The molecule has 1 fully saturated rings. The fourth-order valence-corrected chi connectivity index (χ4v) is 1.84. The Morgan fingerprint density at radius 3 is 2.50 bits per heavy atom. The van der Waals surface area contributed by atoms with E-state index in [2.05, 4.69) is 0 Å². The second-order valence-electron chi connectivity index (χ2n) is 4.08. The van der Waals surface area contributed by atoms with Crippen LogP contribution in [0.15, 0.2) is 24.3 Å². The molecule has 4 heteroatoms. The molecule has 1 aromatic rings. The molecule has 0 spiro atoms. The van der Waals surface area contributed by atoms with Gasteiger partial charge in [-0.25, -0.2) is 0 Å². The molecule has 0 aliphatic heterocycles. The third-order valence-electron chi connectivity index (χ3n) is 2.75. The van der Waals surface area contributed by atoms with Crippen molar-refractivity contribution in [3.05, 3.63) is 34.9 Å². The SMILES string of the molecule is NCC(=O)N(Cc1ccc(Cl)cc1)C1CC1. The first-order valence-corrected chi connectivity index (χ1v) is 5.82. The van der Waals surface area contributed by atoms with E-state index in [1.807, 2.05) is 29.2 Å². The van der Waals surface area contributed by atoms with Crippen molar-refractivity contribution in [3.63, 3.8) is 0 Å². The quantitative estimate of drug-likeness (QED) is 0.870. The molecule has 0 unspecified atom stereocenters. The van der Waals surface area contributed by atoms with Crippen molar-refractivity contribution in [2.75, 3.05) is 6.54 Å². The number of hydrogen-bond donors (Lipinski definition) is 1. The summed E-state index contributed by atoms with van der Waals surface area (Å²) in [6.07, 6.45) is 2.19. The molecule has 0 radical (unpaired) electrons. The van der Waals surface area contributed by atoms with E-state index in [0.29, 0.717) is 17.6 Å². The number of nitrogens with zero attached hydrogens (tertiary/aromatic N) is 1. The van der Waals surface area contributed by atoms with Crippen molar-refractivity contribution in [2.24, 2.45) is 5.73 Å². The van der Waals surface area contributed by atoms with Gasteiger partial charge >= 0.3 is 0 Å². The number of halogens is 1. The van der Waals surface area contributed by atoms with Gasteiger partial charge in [0, 0.05) is 17.6 Å². The second-order valence-corrected chi connectivity index (χ2v) is 4.52. The van der Waals surface area contributed by atoms with Gasteiger partial charge in [-0.05, 0) is 30.5 Å². The zero-order valence-electron chi connectivity index (χ0n) is 9.03. The van der Waals surface area contributed by atoms with E-state index in [4.69, 9.17) is 17.3 Å². The Bertz CT molecular complexity index is 373. The first kappa shape index (κ1) is 11.4. The van der Waals surface area contributed by atoms with E-state index in [-0.39, 0.29) is 12.5 Å². The van der Waals surface area contributed by atoms with Gasteiger partial charge in [-0.2, -0.15) is 0 Å². The Morgan fingerprint density at radius 2 is 2.00 bits per heavy atom. The van der Waals surface area contributed by atoms with Gasteiger partial charge in [0.1, 0.15) is 0 Å². The molecule has 2 N–H and O–H groups in total. The molecule has 0 heterocycles. The summed E-state index contributed by atoms with van der Waals surface area (Å²) in [7, 11) is 0. The van der Waals surface area contributed by atoms with Crippen molar-refractivity contribution < 1.29 is 4.79 Å². The summed E-state index contributed by atoms with van der Waals surface area (Å²) in [5, 5.41) is 0.715. The molecule has 86 valence electrons. The molecule has 0 bridgehead atoms. The highest BCUT2D eigenvalue weighted by molar-refractivity contribution is 6.30. The number of rotatable bonds is 4. The summed E-state index contributed by atoms with van der Waals surface area (Å²) in [6, 6.07) is 7.97. The molecule has 2 rings (SSSR count). The van der Waals surface area contributed by atoms with Crippen LogP contribution < -0.4 is 5.73 Å². The van der Waals surface area contributed by atoms with E-state index < -0.39 is 0 Å². The molecule has 1 saturated carbocycles. The first-order valence-electron chi connectivity index (χ1n) is 5.44. The van der Waals surface area contributed by atoms with Crippen LogP contribution in [0.2, 0.25) is 5.02 Å². The Kier molecular flexibility index (Phi) is 3.46. The van der Waals surface area contributed by atoms with Crippen LogP contribution in [0.3, 0.4) is 0 Å². The molecular formula is C12H15ClN2O. The molecule has 0 aromatic heterocycles. The van der Waals surface area contributed by atoms with Crippen LogP contribution in [0.25, 0.3) is 0 Å². The van der Waals surface area contributed by atoms with Gasteiger partial charge in [0.15, 0.2) is 0 Å². The first-order chi connectivity index (χ1) is 7.70.